The number of amides is 1. The van der Waals surface area contributed by atoms with Crippen molar-refractivity contribution in [1.29, 1.82) is 0 Å². The minimum absolute atomic E-state index is 0.0202. The molecule has 1 aromatic rings. The summed E-state index contributed by atoms with van der Waals surface area (Å²) in [4.78, 5) is 24.3. The average molecular weight is 239 g/mol. The summed E-state index contributed by atoms with van der Waals surface area (Å²) in [5.41, 5.74) is 0.669. The quantitative estimate of drug-likeness (QED) is 0.852. The molecule has 4 nitrogen and oxygen atoms in total. The Kier molecular flexibility index (Phi) is 3.24. The molecule has 16 heavy (non-hydrogen) atoms. The van der Waals surface area contributed by atoms with E-state index in [0.29, 0.717) is 12.1 Å². The molecule has 86 valence electrons. The van der Waals surface area contributed by atoms with Crippen molar-refractivity contribution in [3.8, 4) is 0 Å². The fraction of sp³-hybridized carbons (Fsp3) is 0.455. The molecule has 1 amide bonds. The standard InChI is InChI=1S/C11H13NO3S/c13-10(14)3-5-12(9-1-2-9)11(15)8-4-6-16-7-8/h4,6-7,9H,1-3,5H2,(H,13,14). The van der Waals surface area contributed by atoms with Crippen LogP contribution in [-0.2, 0) is 4.79 Å². The van der Waals surface area contributed by atoms with Crippen LogP contribution in [0.4, 0.5) is 0 Å². The van der Waals surface area contributed by atoms with Gasteiger partial charge < -0.3 is 10.0 Å². The molecule has 0 unspecified atom stereocenters. The lowest BCUT2D eigenvalue weighted by molar-refractivity contribution is -0.137. The topological polar surface area (TPSA) is 57.6 Å². The Morgan fingerprint density at radius 2 is 2.25 bits per heavy atom. The number of carbonyl (C=O) groups excluding carboxylic acids is 1. The molecule has 1 saturated carbocycles. The van der Waals surface area contributed by atoms with Crippen LogP contribution in [0.1, 0.15) is 29.6 Å². The first-order chi connectivity index (χ1) is 7.68. The Labute approximate surface area is 97.5 Å². The Hall–Kier alpha value is -1.36. The normalized spacial score (nSPS) is 14.8. The molecule has 0 aliphatic heterocycles. The number of hydrogen-bond donors (Lipinski definition) is 1. The second kappa shape index (κ2) is 4.65. The lowest BCUT2D eigenvalue weighted by Crippen LogP contribution is -2.34. The average Bonchev–Trinajstić information content (AvgIpc) is 2.93. The van der Waals surface area contributed by atoms with Gasteiger partial charge in [0.15, 0.2) is 0 Å². The molecule has 0 bridgehead atoms. The van der Waals surface area contributed by atoms with Crippen LogP contribution in [0.3, 0.4) is 0 Å². The molecule has 1 aromatic heterocycles. The molecule has 0 spiro atoms. The molecule has 0 saturated heterocycles. The van der Waals surface area contributed by atoms with Gasteiger partial charge >= 0.3 is 5.97 Å². The van der Waals surface area contributed by atoms with Gasteiger partial charge in [-0.2, -0.15) is 11.3 Å². The van der Waals surface area contributed by atoms with E-state index < -0.39 is 5.97 Å². The zero-order valence-corrected chi connectivity index (χ0v) is 9.57. The van der Waals surface area contributed by atoms with Crippen molar-refractivity contribution < 1.29 is 14.7 Å². The first kappa shape index (κ1) is 11.1. The van der Waals surface area contributed by atoms with E-state index in [2.05, 4.69) is 0 Å². The first-order valence-electron chi connectivity index (χ1n) is 5.23. The number of carboxylic acids is 1. The van der Waals surface area contributed by atoms with Gasteiger partial charge in [-0.05, 0) is 24.3 Å². The maximum absolute atomic E-state index is 12.0. The predicted octanol–water partition coefficient (Wildman–Crippen LogP) is 1.83. The van der Waals surface area contributed by atoms with Gasteiger partial charge in [-0.1, -0.05) is 0 Å². The molecule has 1 N–H and O–H groups in total. The lowest BCUT2D eigenvalue weighted by atomic mass is 10.2. The highest BCUT2D eigenvalue weighted by molar-refractivity contribution is 7.08. The largest absolute Gasteiger partial charge is 0.481 e. The van der Waals surface area contributed by atoms with Crippen LogP contribution < -0.4 is 0 Å². The number of carboxylic acid groups (broad SMARTS) is 1. The Balaban J connectivity index is 2.01. The van der Waals surface area contributed by atoms with E-state index in [-0.39, 0.29) is 18.4 Å². The SMILES string of the molecule is O=C(O)CCN(C(=O)c1ccsc1)C1CC1. The van der Waals surface area contributed by atoms with Crippen LogP contribution in [0.5, 0.6) is 0 Å². The van der Waals surface area contributed by atoms with Gasteiger partial charge in [0.1, 0.15) is 0 Å². The smallest absolute Gasteiger partial charge is 0.305 e. The highest BCUT2D eigenvalue weighted by Gasteiger charge is 2.33. The van der Waals surface area contributed by atoms with Crippen LogP contribution in [0.15, 0.2) is 16.8 Å². The van der Waals surface area contributed by atoms with Crippen molar-refractivity contribution in [2.45, 2.75) is 25.3 Å². The summed E-state index contributed by atoms with van der Waals surface area (Å²) in [5, 5.41) is 12.3. The van der Waals surface area contributed by atoms with Crippen LogP contribution in [0.25, 0.3) is 0 Å². The summed E-state index contributed by atoms with van der Waals surface area (Å²) in [6, 6.07) is 2.04. The third kappa shape index (κ3) is 2.61. The second-order valence-electron chi connectivity index (χ2n) is 3.89. The summed E-state index contributed by atoms with van der Waals surface area (Å²) < 4.78 is 0. The molecular weight excluding hydrogens is 226 g/mol. The number of nitrogens with zero attached hydrogens (tertiary/aromatic N) is 1. The lowest BCUT2D eigenvalue weighted by Gasteiger charge is -2.20. The van der Waals surface area contributed by atoms with Crippen molar-refractivity contribution in [3.05, 3.63) is 22.4 Å². The van der Waals surface area contributed by atoms with Gasteiger partial charge in [0.05, 0.1) is 12.0 Å². The van der Waals surface area contributed by atoms with Crippen LogP contribution in [-0.4, -0.2) is 34.5 Å². The zero-order chi connectivity index (χ0) is 11.5. The number of thiophene rings is 1. The van der Waals surface area contributed by atoms with E-state index in [1.807, 2.05) is 5.38 Å². The molecule has 1 aliphatic carbocycles. The van der Waals surface area contributed by atoms with Crippen LogP contribution in [0, 0.1) is 0 Å². The van der Waals surface area contributed by atoms with Gasteiger partial charge in [-0.25, -0.2) is 0 Å². The van der Waals surface area contributed by atoms with Crippen molar-refractivity contribution in [2.24, 2.45) is 0 Å². The van der Waals surface area contributed by atoms with Crippen LogP contribution in [0.2, 0.25) is 0 Å². The fourth-order valence-electron chi connectivity index (χ4n) is 1.60. The van der Waals surface area contributed by atoms with Gasteiger partial charge in [-0.15, -0.1) is 0 Å². The maximum Gasteiger partial charge on any atom is 0.305 e. The molecule has 0 aromatic carbocycles. The van der Waals surface area contributed by atoms with Crippen molar-refractivity contribution >= 4 is 23.2 Å². The van der Waals surface area contributed by atoms with Gasteiger partial charge in [0.2, 0.25) is 0 Å². The molecule has 5 heteroatoms. The Bertz CT molecular complexity index is 384. The van der Waals surface area contributed by atoms with E-state index in [9.17, 15) is 9.59 Å². The molecular formula is C11H13NO3S. The van der Waals surface area contributed by atoms with E-state index in [0.717, 1.165) is 12.8 Å². The van der Waals surface area contributed by atoms with E-state index >= 15 is 0 Å². The number of carbonyl (C=O) groups is 2. The second-order valence-corrected chi connectivity index (χ2v) is 4.67. The zero-order valence-electron chi connectivity index (χ0n) is 8.76. The van der Waals surface area contributed by atoms with E-state index in [1.165, 1.54) is 11.3 Å². The highest BCUT2D eigenvalue weighted by Crippen LogP contribution is 2.28. The molecule has 1 fully saturated rings. The monoisotopic (exact) mass is 239 g/mol. The maximum atomic E-state index is 12.0. The molecule has 0 radical (unpaired) electrons. The highest BCUT2D eigenvalue weighted by atomic mass is 32.1. The van der Waals surface area contributed by atoms with Gasteiger partial charge in [-0.3, -0.25) is 9.59 Å². The van der Waals surface area contributed by atoms with Gasteiger partial charge in [0, 0.05) is 18.0 Å². The van der Waals surface area contributed by atoms with Crippen molar-refractivity contribution in [1.82, 2.24) is 4.90 Å². The van der Waals surface area contributed by atoms with Gasteiger partial charge in [0.25, 0.3) is 5.91 Å². The van der Waals surface area contributed by atoms with Crippen molar-refractivity contribution in [2.75, 3.05) is 6.54 Å². The number of aliphatic carboxylic acids is 1. The van der Waals surface area contributed by atoms with Crippen LogP contribution >= 0.6 is 11.3 Å². The number of rotatable bonds is 5. The number of hydrogen-bond acceptors (Lipinski definition) is 3. The Morgan fingerprint density at radius 3 is 2.75 bits per heavy atom. The minimum atomic E-state index is -0.858. The molecule has 1 heterocycles. The third-order valence-electron chi connectivity index (χ3n) is 2.58. The summed E-state index contributed by atoms with van der Waals surface area (Å²) in [6.07, 6.45) is 2.01. The molecule has 0 atom stereocenters. The summed E-state index contributed by atoms with van der Waals surface area (Å²) >= 11 is 1.48. The molecule has 2 rings (SSSR count). The minimum Gasteiger partial charge on any atom is -0.481 e. The summed E-state index contributed by atoms with van der Waals surface area (Å²) in [5.74, 6) is -0.895. The summed E-state index contributed by atoms with van der Waals surface area (Å²) in [7, 11) is 0. The van der Waals surface area contributed by atoms with E-state index in [4.69, 9.17) is 5.11 Å². The summed E-state index contributed by atoms with van der Waals surface area (Å²) in [6.45, 7) is 0.314. The predicted molar refractivity (Wildman–Crippen MR) is 60.6 cm³/mol. The van der Waals surface area contributed by atoms with Crippen molar-refractivity contribution in [3.63, 3.8) is 0 Å². The Morgan fingerprint density at radius 1 is 1.50 bits per heavy atom. The van der Waals surface area contributed by atoms with E-state index in [1.54, 1.807) is 16.3 Å². The first-order valence-corrected chi connectivity index (χ1v) is 6.17. The fourth-order valence-corrected chi connectivity index (χ4v) is 2.23. The third-order valence-corrected chi connectivity index (χ3v) is 3.27. The molecule has 1 aliphatic rings.